The number of hydrogen-bond acceptors (Lipinski definition) is 3. The molecule has 0 aromatic heterocycles. The van der Waals surface area contributed by atoms with Crippen LogP contribution in [0.4, 0.5) is 0 Å². The van der Waals surface area contributed by atoms with Gasteiger partial charge in [0.1, 0.15) is 11.5 Å². The first-order chi connectivity index (χ1) is 8.25. The zero-order valence-corrected chi connectivity index (χ0v) is 9.43. The van der Waals surface area contributed by atoms with Crippen LogP contribution in [-0.4, -0.2) is 10.2 Å². The van der Waals surface area contributed by atoms with Crippen LogP contribution in [-0.2, 0) is 13.1 Å². The fourth-order valence-corrected chi connectivity index (χ4v) is 1.62. The van der Waals surface area contributed by atoms with Crippen LogP contribution in [0.2, 0.25) is 0 Å². The van der Waals surface area contributed by atoms with E-state index in [1.807, 2.05) is 24.3 Å². The second kappa shape index (κ2) is 5.37. The second-order valence-electron chi connectivity index (χ2n) is 3.90. The Kier molecular flexibility index (Phi) is 3.62. The SMILES string of the molecule is Oc1ccc(CNCc2ccccc2O)cc1. The molecule has 17 heavy (non-hydrogen) atoms. The standard InChI is InChI=1S/C14H15NO2/c16-13-7-5-11(6-8-13)9-15-10-12-3-1-2-4-14(12)17/h1-8,15-17H,9-10H2. The topological polar surface area (TPSA) is 52.5 Å². The minimum absolute atomic E-state index is 0.273. The lowest BCUT2D eigenvalue weighted by atomic mass is 10.2. The third-order valence-electron chi connectivity index (χ3n) is 2.57. The smallest absolute Gasteiger partial charge is 0.120 e. The average molecular weight is 229 g/mol. The Morgan fingerprint density at radius 3 is 2.24 bits per heavy atom. The van der Waals surface area contributed by atoms with E-state index in [1.54, 1.807) is 24.3 Å². The Hall–Kier alpha value is -2.00. The van der Waals surface area contributed by atoms with E-state index < -0.39 is 0 Å². The molecule has 0 bridgehead atoms. The van der Waals surface area contributed by atoms with Gasteiger partial charge in [-0.2, -0.15) is 0 Å². The first-order valence-corrected chi connectivity index (χ1v) is 5.51. The second-order valence-corrected chi connectivity index (χ2v) is 3.90. The van der Waals surface area contributed by atoms with Crippen molar-refractivity contribution >= 4 is 0 Å². The third-order valence-corrected chi connectivity index (χ3v) is 2.57. The Morgan fingerprint density at radius 1 is 0.824 bits per heavy atom. The molecule has 0 spiro atoms. The van der Waals surface area contributed by atoms with E-state index >= 15 is 0 Å². The molecule has 3 N–H and O–H groups in total. The third kappa shape index (κ3) is 3.23. The molecule has 0 saturated heterocycles. The largest absolute Gasteiger partial charge is 0.508 e. The van der Waals surface area contributed by atoms with Gasteiger partial charge in [0.05, 0.1) is 0 Å². The van der Waals surface area contributed by atoms with Crippen LogP contribution in [0.25, 0.3) is 0 Å². The monoisotopic (exact) mass is 229 g/mol. The molecule has 0 radical (unpaired) electrons. The Balaban J connectivity index is 1.88. The normalized spacial score (nSPS) is 10.4. The van der Waals surface area contributed by atoms with Crippen LogP contribution in [0.5, 0.6) is 11.5 Å². The Labute approximate surface area is 100 Å². The molecule has 3 nitrogen and oxygen atoms in total. The lowest BCUT2D eigenvalue weighted by molar-refractivity contribution is 0.464. The van der Waals surface area contributed by atoms with Gasteiger partial charge < -0.3 is 15.5 Å². The summed E-state index contributed by atoms with van der Waals surface area (Å²) in [4.78, 5) is 0. The van der Waals surface area contributed by atoms with Gasteiger partial charge in [-0.25, -0.2) is 0 Å². The highest BCUT2D eigenvalue weighted by Crippen LogP contribution is 2.15. The van der Waals surface area contributed by atoms with E-state index in [-0.39, 0.29) is 5.75 Å². The van der Waals surface area contributed by atoms with Crippen LogP contribution in [0.1, 0.15) is 11.1 Å². The van der Waals surface area contributed by atoms with Crippen molar-refractivity contribution in [2.75, 3.05) is 0 Å². The van der Waals surface area contributed by atoms with Crippen molar-refractivity contribution in [2.45, 2.75) is 13.1 Å². The number of nitrogens with one attached hydrogen (secondary N) is 1. The fraction of sp³-hybridized carbons (Fsp3) is 0.143. The van der Waals surface area contributed by atoms with E-state index in [0.29, 0.717) is 18.8 Å². The van der Waals surface area contributed by atoms with Crippen molar-refractivity contribution in [2.24, 2.45) is 0 Å². The molecule has 3 heteroatoms. The summed E-state index contributed by atoms with van der Waals surface area (Å²) >= 11 is 0. The number of aromatic hydroxyl groups is 2. The van der Waals surface area contributed by atoms with E-state index in [0.717, 1.165) is 11.1 Å². The van der Waals surface area contributed by atoms with Crippen molar-refractivity contribution in [3.63, 3.8) is 0 Å². The molecule has 0 aliphatic carbocycles. The van der Waals surface area contributed by atoms with Crippen LogP contribution in [0.15, 0.2) is 48.5 Å². The minimum atomic E-state index is 0.273. The fourth-order valence-electron chi connectivity index (χ4n) is 1.62. The Morgan fingerprint density at radius 2 is 1.53 bits per heavy atom. The molecule has 2 aromatic rings. The van der Waals surface area contributed by atoms with E-state index in [2.05, 4.69) is 5.32 Å². The van der Waals surface area contributed by atoms with E-state index in [9.17, 15) is 5.11 Å². The molecule has 0 saturated carbocycles. The first kappa shape index (κ1) is 11.5. The van der Waals surface area contributed by atoms with E-state index in [4.69, 9.17) is 5.11 Å². The summed E-state index contributed by atoms with van der Waals surface area (Å²) in [6, 6.07) is 14.3. The highest BCUT2D eigenvalue weighted by atomic mass is 16.3. The lowest BCUT2D eigenvalue weighted by Crippen LogP contribution is -2.12. The zero-order valence-electron chi connectivity index (χ0n) is 9.43. The average Bonchev–Trinajstić information content (AvgIpc) is 2.34. The lowest BCUT2D eigenvalue weighted by Gasteiger charge is -2.06. The molecule has 0 amide bonds. The van der Waals surface area contributed by atoms with Gasteiger partial charge in [0.2, 0.25) is 0 Å². The molecule has 0 heterocycles. The number of phenols is 2. The number of phenolic OH excluding ortho intramolecular Hbond substituents is 2. The molecule has 2 rings (SSSR count). The number of rotatable bonds is 4. The van der Waals surface area contributed by atoms with Gasteiger partial charge in [-0.05, 0) is 23.8 Å². The maximum absolute atomic E-state index is 9.57. The first-order valence-electron chi connectivity index (χ1n) is 5.51. The summed E-state index contributed by atoms with van der Waals surface area (Å²) in [7, 11) is 0. The van der Waals surface area contributed by atoms with Crippen molar-refractivity contribution < 1.29 is 10.2 Å². The highest BCUT2D eigenvalue weighted by Gasteiger charge is 1.99. The van der Waals surface area contributed by atoms with Crippen LogP contribution in [0, 0.1) is 0 Å². The van der Waals surface area contributed by atoms with Crippen molar-refractivity contribution in [1.29, 1.82) is 0 Å². The quantitative estimate of drug-likeness (QED) is 0.754. The molecule has 0 aliphatic heterocycles. The van der Waals surface area contributed by atoms with Gasteiger partial charge in [-0.1, -0.05) is 30.3 Å². The van der Waals surface area contributed by atoms with E-state index in [1.165, 1.54) is 0 Å². The summed E-state index contributed by atoms with van der Waals surface area (Å²) in [6.07, 6.45) is 0. The van der Waals surface area contributed by atoms with Crippen molar-refractivity contribution in [1.82, 2.24) is 5.32 Å². The molecule has 88 valence electrons. The molecule has 0 fully saturated rings. The summed E-state index contributed by atoms with van der Waals surface area (Å²) in [5.74, 6) is 0.583. The summed E-state index contributed by atoms with van der Waals surface area (Å²) < 4.78 is 0. The number of hydrogen-bond donors (Lipinski definition) is 3. The van der Waals surface area contributed by atoms with Crippen LogP contribution < -0.4 is 5.32 Å². The van der Waals surface area contributed by atoms with Crippen LogP contribution in [0.3, 0.4) is 0 Å². The van der Waals surface area contributed by atoms with Gasteiger partial charge in [-0.15, -0.1) is 0 Å². The van der Waals surface area contributed by atoms with Gasteiger partial charge in [0.25, 0.3) is 0 Å². The van der Waals surface area contributed by atoms with Crippen molar-refractivity contribution in [3.05, 3.63) is 59.7 Å². The number of benzene rings is 2. The van der Waals surface area contributed by atoms with Crippen LogP contribution >= 0.6 is 0 Å². The summed E-state index contributed by atoms with van der Waals surface area (Å²) in [5, 5.41) is 22.0. The van der Waals surface area contributed by atoms with Gasteiger partial charge in [-0.3, -0.25) is 0 Å². The predicted octanol–water partition coefficient (Wildman–Crippen LogP) is 2.39. The molecular formula is C14H15NO2. The minimum Gasteiger partial charge on any atom is -0.508 e. The molecule has 0 unspecified atom stereocenters. The zero-order chi connectivity index (χ0) is 12.1. The summed E-state index contributed by atoms with van der Waals surface area (Å²) in [6.45, 7) is 1.32. The molecule has 2 aromatic carbocycles. The predicted molar refractivity (Wildman–Crippen MR) is 66.8 cm³/mol. The maximum Gasteiger partial charge on any atom is 0.120 e. The number of para-hydroxylation sites is 1. The van der Waals surface area contributed by atoms with Gasteiger partial charge >= 0.3 is 0 Å². The molecular weight excluding hydrogens is 214 g/mol. The maximum atomic E-state index is 9.57. The molecule has 0 aliphatic rings. The highest BCUT2D eigenvalue weighted by molar-refractivity contribution is 5.31. The van der Waals surface area contributed by atoms with Gasteiger partial charge in [0, 0.05) is 18.7 Å². The Bertz CT molecular complexity index is 480. The van der Waals surface area contributed by atoms with Gasteiger partial charge in [0.15, 0.2) is 0 Å². The van der Waals surface area contributed by atoms with Crippen molar-refractivity contribution in [3.8, 4) is 11.5 Å². The molecule has 0 atom stereocenters. The summed E-state index contributed by atoms with van der Waals surface area (Å²) in [5.41, 5.74) is 1.98.